The normalized spacial score (nSPS) is 21.0. The van der Waals surface area contributed by atoms with Crippen LogP contribution in [-0.4, -0.2) is 30.0 Å². The van der Waals surface area contributed by atoms with Crippen molar-refractivity contribution in [2.75, 3.05) is 20.1 Å². The van der Waals surface area contributed by atoms with Crippen molar-refractivity contribution in [3.05, 3.63) is 65.2 Å². The number of rotatable bonds is 5. The van der Waals surface area contributed by atoms with E-state index in [9.17, 15) is 4.39 Å². The molecule has 0 aliphatic carbocycles. The zero-order chi connectivity index (χ0) is 16.2. The first kappa shape index (κ1) is 16.1. The molecule has 1 aromatic carbocycles. The fraction of sp³-hybridized carbons (Fsp3) is 0.389. The van der Waals surface area contributed by atoms with Crippen LogP contribution in [-0.2, 0) is 6.54 Å². The van der Waals surface area contributed by atoms with Crippen molar-refractivity contribution in [1.29, 1.82) is 0 Å². The Hall–Kier alpha value is -1.82. The Labute approximate surface area is 136 Å². The lowest BCUT2D eigenvalue weighted by Crippen LogP contribution is -2.30. The van der Waals surface area contributed by atoms with Crippen molar-refractivity contribution in [3.63, 3.8) is 0 Å². The highest BCUT2D eigenvalue weighted by Crippen LogP contribution is 2.26. The van der Waals surface area contributed by atoms with Gasteiger partial charge >= 0.3 is 0 Å². The van der Waals surface area contributed by atoms with E-state index in [4.69, 9.17) is 0 Å². The average Bonchev–Trinajstić information content (AvgIpc) is 2.95. The van der Waals surface area contributed by atoms with E-state index in [0.29, 0.717) is 5.92 Å². The Morgan fingerprint density at radius 1 is 1.30 bits per heavy atom. The lowest BCUT2D eigenvalue weighted by Gasteiger charge is -2.25. The monoisotopic (exact) mass is 314 g/mol. The first-order valence-electron chi connectivity index (χ1n) is 7.96. The highest BCUT2D eigenvalue weighted by molar-refractivity contribution is 5.22. The Bertz CT molecular complexity index is 661. The summed E-state index contributed by atoms with van der Waals surface area (Å²) >= 11 is 0. The lowest BCUT2D eigenvalue weighted by molar-refractivity contribution is 0.262. The molecule has 1 fully saturated rings. The topological polar surface area (TPSA) is 40.2 Å². The van der Waals surface area contributed by atoms with Crippen molar-refractivity contribution >= 4 is 0 Å². The van der Waals surface area contributed by atoms with Crippen molar-refractivity contribution in [2.24, 2.45) is 5.92 Å². The predicted molar refractivity (Wildman–Crippen MR) is 89.1 cm³/mol. The van der Waals surface area contributed by atoms with Gasteiger partial charge in [-0.2, -0.15) is 0 Å². The minimum Gasteiger partial charge on any atom is -0.302 e. The quantitative estimate of drug-likeness (QED) is 0.889. The molecular weight excluding hydrogens is 291 g/mol. The highest BCUT2D eigenvalue weighted by Gasteiger charge is 2.29. The summed E-state index contributed by atoms with van der Waals surface area (Å²) in [6, 6.07) is 11.2. The van der Waals surface area contributed by atoms with Crippen LogP contribution in [0.25, 0.3) is 0 Å². The third-order valence-corrected chi connectivity index (χ3v) is 4.26. The van der Waals surface area contributed by atoms with Crippen LogP contribution >= 0.6 is 0 Å². The summed E-state index contributed by atoms with van der Waals surface area (Å²) < 4.78 is 13.5. The summed E-state index contributed by atoms with van der Waals surface area (Å²) in [6.45, 7) is 4.70. The van der Waals surface area contributed by atoms with Crippen LogP contribution in [0.5, 0.6) is 0 Å². The average molecular weight is 314 g/mol. The minimum atomic E-state index is -0.185. The van der Waals surface area contributed by atoms with Gasteiger partial charge in [-0.05, 0) is 49.4 Å². The van der Waals surface area contributed by atoms with Gasteiger partial charge in [0.2, 0.25) is 0 Å². The maximum atomic E-state index is 13.5. The van der Waals surface area contributed by atoms with Gasteiger partial charge in [-0.1, -0.05) is 12.1 Å². The predicted octanol–water partition coefficient (Wildman–Crippen LogP) is 2.43. The van der Waals surface area contributed by atoms with Gasteiger partial charge in [0.05, 0.1) is 6.04 Å². The van der Waals surface area contributed by atoms with Crippen LogP contribution in [0.1, 0.15) is 22.9 Å². The molecule has 23 heavy (non-hydrogen) atoms. The molecule has 1 aliphatic rings. The zero-order valence-electron chi connectivity index (χ0n) is 13.6. The number of aromatic nitrogens is 1. The van der Waals surface area contributed by atoms with E-state index >= 15 is 0 Å². The van der Waals surface area contributed by atoms with Crippen LogP contribution in [0.3, 0.4) is 0 Å². The zero-order valence-corrected chi connectivity index (χ0v) is 13.6. The standard InChI is InChI=1S/C18H23FN4/c1-13-8-14(6-7-20-13)11-23(2)12-16-10-21-22-18(16)15-4-3-5-17(19)9-15/h3-9,16,18,21-22H,10-12H2,1-2H3. The van der Waals surface area contributed by atoms with E-state index in [2.05, 4.69) is 39.9 Å². The molecule has 122 valence electrons. The molecule has 1 aliphatic heterocycles. The molecule has 0 saturated carbocycles. The Kier molecular flexibility index (Phi) is 5.00. The second-order valence-corrected chi connectivity index (χ2v) is 6.32. The van der Waals surface area contributed by atoms with Crippen LogP contribution in [0.4, 0.5) is 4.39 Å². The van der Waals surface area contributed by atoms with Crippen molar-refractivity contribution in [3.8, 4) is 0 Å². The van der Waals surface area contributed by atoms with Crippen LogP contribution < -0.4 is 10.9 Å². The molecule has 1 saturated heterocycles. The van der Waals surface area contributed by atoms with E-state index in [-0.39, 0.29) is 11.9 Å². The summed E-state index contributed by atoms with van der Waals surface area (Å²) in [6.07, 6.45) is 1.85. The number of halogens is 1. The lowest BCUT2D eigenvalue weighted by atomic mass is 9.94. The molecule has 4 nitrogen and oxygen atoms in total. The van der Waals surface area contributed by atoms with Gasteiger partial charge in [-0.25, -0.2) is 9.82 Å². The number of hydrogen-bond acceptors (Lipinski definition) is 4. The largest absolute Gasteiger partial charge is 0.302 e. The van der Waals surface area contributed by atoms with E-state index in [0.717, 1.165) is 30.9 Å². The number of pyridine rings is 1. The molecule has 0 amide bonds. The smallest absolute Gasteiger partial charge is 0.123 e. The number of nitrogens with one attached hydrogen (secondary N) is 2. The Morgan fingerprint density at radius 3 is 2.96 bits per heavy atom. The van der Waals surface area contributed by atoms with Crippen LogP contribution in [0.2, 0.25) is 0 Å². The summed E-state index contributed by atoms with van der Waals surface area (Å²) in [4.78, 5) is 6.54. The third-order valence-electron chi connectivity index (χ3n) is 4.26. The van der Waals surface area contributed by atoms with E-state index in [1.807, 2.05) is 19.2 Å². The maximum absolute atomic E-state index is 13.5. The van der Waals surface area contributed by atoms with Crippen molar-refractivity contribution < 1.29 is 4.39 Å². The Balaban J connectivity index is 1.64. The number of benzene rings is 1. The number of hydrazine groups is 1. The molecule has 5 heteroatoms. The molecule has 1 aromatic heterocycles. The third kappa shape index (κ3) is 4.13. The molecule has 0 spiro atoms. The molecule has 0 bridgehead atoms. The SMILES string of the molecule is Cc1cc(CN(C)CC2CNNC2c2cccc(F)c2)ccn1. The minimum absolute atomic E-state index is 0.132. The molecule has 3 rings (SSSR count). The number of hydrogen-bond donors (Lipinski definition) is 2. The first-order valence-corrected chi connectivity index (χ1v) is 7.96. The van der Waals surface area contributed by atoms with Gasteiger partial charge < -0.3 is 4.90 Å². The second kappa shape index (κ2) is 7.17. The molecular formula is C18H23FN4. The van der Waals surface area contributed by atoms with Gasteiger partial charge in [-0.3, -0.25) is 10.4 Å². The first-order chi connectivity index (χ1) is 11.1. The van der Waals surface area contributed by atoms with Gasteiger partial charge in [0.15, 0.2) is 0 Å². The molecule has 0 radical (unpaired) electrons. The molecule has 2 aromatic rings. The molecule has 2 unspecified atom stereocenters. The second-order valence-electron chi connectivity index (χ2n) is 6.32. The summed E-state index contributed by atoms with van der Waals surface area (Å²) in [5.41, 5.74) is 9.78. The number of nitrogens with zero attached hydrogens (tertiary/aromatic N) is 2. The molecule has 2 N–H and O–H groups in total. The van der Waals surface area contributed by atoms with Gasteiger partial charge in [0.1, 0.15) is 5.82 Å². The number of aryl methyl sites for hydroxylation is 1. The van der Waals surface area contributed by atoms with E-state index in [1.54, 1.807) is 12.1 Å². The van der Waals surface area contributed by atoms with Gasteiger partial charge in [0.25, 0.3) is 0 Å². The summed E-state index contributed by atoms with van der Waals surface area (Å²) in [7, 11) is 2.12. The summed E-state index contributed by atoms with van der Waals surface area (Å²) in [5.74, 6) is 0.209. The maximum Gasteiger partial charge on any atom is 0.123 e. The molecule has 2 atom stereocenters. The van der Waals surface area contributed by atoms with Gasteiger partial charge in [0, 0.05) is 37.4 Å². The van der Waals surface area contributed by atoms with Crippen molar-refractivity contribution in [2.45, 2.75) is 19.5 Å². The highest BCUT2D eigenvalue weighted by atomic mass is 19.1. The summed E-state index contributed by atoms with van der Waals surface area (Å²) in [5, 5.41) is 0. The fourth-order valence-electron chi connectivity index (χ4n) is 3.24. The van der Waals surface area contributed by atoms with E-state index in [1.165, 1.54) is 11.6 Å². The van der Waals surface area contributed by atoms with Gasteiger partial charge in [-0.15, -0.1) is 0 Å². The van der Waals surface area contributed by atoms with Crippen molar-refractivity contribution in [1.82, 2.24) is 20.7 Å². The van der Waals surface area contributed by atoms with Crippen LogP contribution in [0, 0.1) is 18.7 Å². The fourth-order valence-corrected chi connectivity index (χ4v) is 3.24. The van der Waals surface area contributed by atoms with E-state index < -0.39 is 0 Å². The van der Waals surface area contributed by atoms with Crippen LogP contribution in [0.15, 0.2) is 42.6 Å². The molecule has 2 heterocycles. The Morgan fingerprint density at radius 2 is 2.17 bits per heavy atom.